The SMILES string of the molecule is COC(=O)[C@H](C)Oc1cc(Oc2c(/C=N/O)c(C(F)(F)F)nn2C)c(Cl)cc1Cl. The van der Waals surface area contributed by atoms with Crippen molar-refractivity contribution in [3.05, 3.63) is 33.4 Å². The molecule has 0 bridgehead atoms. The van der Waals surface area contributed by atoms with Gasteiger partial charge in [0, 0.05) is 13.1 Å². The minimum absolute atomic E-state index is 0.0243. The molecule has 1 aromatic heterocycles. The number of hydrogen-bond donors (Lipinski definition) is 1. The van der Waals surface area contributed by atoms with Crippen LogP contribution in [0.1, 0.15) is 18.2 Å². The van der Waals surface area contributed by atoms with Gasteiger partial charge in [0.1, 0.15) is 5.75 Å². The lowest BCUT2D eigenvalue weighted by molar-refractivity contribution is -0.148. The van der Waals surface area contributed by atoms with Crippen LogP contribution in [0.15, 0.2) is 17.3 Å². The van der Waals surface area contributed by atoms with Gasteiger partial charge in [-0.3, -0.25) is 0 Å². The number of benzene rings is 1. The lowest BCUT2D eigenvalue weighted by atomic mass is 10.2. The van der Waals surface area contributed by atoms with Crippen molar-refractivity contribution < 1.29 is 37.4 Å². The summed E-state index contributed by atoms with van der Waals surface area (Å²) in [4.78, 5) is 11.5. The number of aryl methyl sites for hydroxylation is 1. The summed E-state index contributed by atoms with van der Waals surface area (Å²) >= 11 is 12.1. The number of esters is 1. The maximum Gasteiger partial charge on any atom is 0.435 e. The van der Waals surface area contributed by atoms with Crippen LogP contribution in [0.3, 0.4) is 0 Å². The maximum absolute atomic E-state index is 13.2. The van der Waals surface area contributed by atoms with E-state index in [2.05, 4.69) is 15.0 Å². The Kier molecular flexibility index (Phi) is 6.85. The molecule has 13 heteroatoms. The molecule has 0 aliphatic heterocycles. The number of halogens is 5. The van der Waals surface area contributed by atoms with Gasteiger partial charge in [-0.15, -0.1) is 0 Å². The molecule has 1 N–H and O–H groups in total. The molecule has 0 fully saturated rings. The van der Waals surface area contributed by atoms with Crippen LogP contribution in [0, 0.1) is 0 Å². The zero-order valence-electron chi connectivity index (χ0n) is 15.1. The maximum atomic E-state index is 13.2. The molecule has 2 rings (SSSR count). The summed E-state index contributed by atoms with van der Waals surface area (Å²) in [5.74, 6) is -1.26. The predicted molar refractivity (Wildman–Crippen MR) is 96.2 cm³/mol. The fraction of sp³-hybridized carbons (Fsp3) is 0.312. The topological polar surface area (TPSA) is 95.2 Å². The normalized spacial score (nSPS) is 12.8. The Morgan fingerprint density at radius 2 is 1.93 bits per heavy atom. The summed E-state index contributed by atoms with van der Waals surface area (Å²) in [5.41, 5.74) is -1.95. The van der Waals surface area contributed by atoms with E-state index in [1.165, 1.54) is 33.2 Å². The first-order chi connectivity index (χ1) is 13.5. The van der Waals surface area contributed by atoms with Crippen molar-refractivity contribution in [2.45, 2.75) is 19.2 Å². The molecule has 0 aliphatic carbocycles. The van der Waals surface area contributed by atoms with Gasteiger partial charge in [0.2, 0.25) is 5.88 Å². The standard InChI is InChI=1S/C16H14Cl2F3N3O5/c1-7(15(25)27-3)28-11-5-12(10(18)4-9(11)17)29-14-8(6-22-26)13(16(19,20)21)23-24(14)2/h4-7,26H,1-3H3/b22-6+/t7-/m0/s1. The molecule has 8 nitrogen and oxygen atoms in total. The highest BCUT2D eigenvalue weighted by Gasteiger charge is 2.39. The number of carbonyl (C=O) groups is 1. The monoisotopic (exact) mass is 455 g/mol. The Morgan fingerprint density at radius 3 is 2.48 bits per heavy atom. The summed E-state index contributed by atoms with van der Waals surface area (Å²) in [6, 6.07) is 2.41. The van der Waals surface area contributed by atoms with Crippen LogP contribution < -0.4 is 9.47 Å². The molecule has 1 aromatic carbocycles. The summed E-state index contributed by atoms with van der Waals surface area (Å²) in [6.45, 7) is 1.41. The van der Waals surface area contributed by atoms with Gasteiger partial charge in [0.05, 0.1) is 28.9 Å². The summed E-state index contributed by atoms with van der Waals surface area (Å²) in [7, 11) is 2.37. The second kappa shape index (κ2) is 8.78. The molecule has 0 radical (unpaired) electrons. The van der Waals surface area contributed by atoms with Crippen LogP contribution in [-0.4, -0.2) is 40.4 Å². The zero-order chi connectivity index (χ0) is 21.9. The lowest BCUT2D eigenvalue weighted by Gasteiger charge is -2.16. The van der Waals surface area contributed by atoms with Crippen molar-refractivity contribution in [2.24, 2.45) is 12.2 Å². The zero-order valence-corrected chi connectivity index (χ0v) is 16.6. The van der Waals surface area contributed by atoms with Gasteiger partial charge >= 0.3 is 12.1 Å². The lowest BCUT2D eigenvalue weighted by Crippen LogP contribution is -2.25. The third kappa shape index (κ3) is 5.04. The highest BCUT2D eigenvalue weighted by Crippen LogP contribution is 2.41. The van der Waals surface area contributed by atoms with Crippen LogP contribution in [0.4, 0.5) is 13.2 Å². The van der Waals surface area contributed by atoms with Gasteiger partial charge < -0.3 is 19.4 Å². The number of alkyl halides is 3. The molecule has 0 aliphatic rings. The number of oxime groups is 1. The first-order valence-corrected chi connectivity index (χ1v) is 8.48. The highest BCUT2D eigenvalue weighted by atomic mass is 35.5. The van der Waals surface area contributed by atoms with Gasteiger partial charge in [-0.05, 0) is 13.0 Å². The van der Waals surface area contributed by atoms with E-state index in [0.717, 1.165) is 4.68 Å². The number of aromatic nitrogens is 2. The van der Waals surface area contributed by atoms with E-state index in [-0.39, 0.29) is 21.5 Å². The first kappa shape index (κ1) is 22.6. The average molecular weight is 456 g/mol. The Bertz CT molecular complexity index is 947. The van der Waals surface area contributed by atoms with Crippen LogP contribution in [0.25, 0.3) is 0 Å². The van der Waals surface area contributed by atoms with Crippen LogP contribution in [0.2, 0.25) is 10.0 Å². The van der Waals surface area contributed by atoms with E-state index in [4.69, 9.17) is 37.9 Å². The largest absolute Gasteiger partial charge is 0.477 e. The molecule has 1 atom stereocenters. The van der Waals surface area contributed by atoms with Crippen molar-refractivity contribution in [2.75, 3.05) is 7.11 Å². The third-order valence-electron chi connectivity index (χ3n) is 3.51. The van der Waals surface area contributed by atoms with Crippen molar-refractivity contribution in [3.63, 3.8) is 0 Å². The smallest absolute Gasteiger partial charge is 0.435 e. The average Bonchev–Trinajstić information content (AvgIpc) is 2.94. The van der Waals surface area contributed by atoms with E-state index in [1.54, 1.807) is 0 Å². The summed E-state index contributed by atoms with van der Waals surface area (Å²) in [6.07, 6.45) is -5.33. The highest BCUT2D eigenvalue weighted by molar-refractivity contribution is 6.36. The third-order valence-corrected chi connectivity index (χ3v) is 4.11. The summed E-state index contributed by atoms with van der Waals surface area (Å²) < 4.78 is 55.7. The number of nitrogens with zero attached hydrogens (tertiary/aromatic N) is 3. The number of ether oxygens (including phenoxy) is 3. The van der Waals surface area contributed by atoms with Gasteiger partial charge in [0.25, 0.3) is 0 Å². The van der Waals surface area contributed by atoms with Gasteiger partial charge in [0.15, 0.2) is 17.5 Å². The molecule has 0 saturated heterocycles. The van der Waals surface area contributed by atoms with Crippen LogP contribution >= 0.6 is 23.2 Å². The molecule has 0 spiro atoms. The number of carbonyl (C=O) groups excluding carboxylic acids is 1. The number of hydrogen-bond acceptors (Lipinski definition) is 7. The quantitative estimate of drug-likeness (QED) is 0.302. The molecule has 1 heterocycles. The fourth-order valence-electron chi connectivity index (χ4n) is 2.22. The molecule has 0 unspecified atom stereocenters. The Morgan fingerprint density at radius 1 is 1.31 bits per heavy atom. The van der Waals surface area contributed by atoms with Crippen LogP contribution in [-0.2, 0) is 22.8 Å². The minimum atomic E-state index is -4.83. The Hall–Kier alpha value is -2.66. The van der Waals surface area contributed by atoms with E-state index in [1.807, 2.05) is 0 Å². The molecule has 2 aromatic rings. The van der Waals surface area contributed by atoms with E-state index >= 15 is 0 Å². The molecule has 29 heavy (non-hydrogen) atoms. The van der Waals surface area contributed by atoms with E-state index in [0.29, 0.717) is 6.21 Å². The molecule has 158 valence electrons. The van der Waals surface area contributed by atoms with E-state index in [9.17, 15) is 18.0 Å². The van der Waals surface area contributed by atoms with Gasteiger partial charge in [-0.1, -0.05) is 28.4 Å². The minimum Gasteiger partial charge on any atom is -0.477 e. The Balaban J connectivity index is 2.48. The summed E-state index contributed by atoms with van der Waals surface area (Å²) in [5, 5.41) is 14.7. The number of rotatable bonds is 6. The molecule has 0 amide bonds. The van der Waals surface area contributed by atoms with Crippen LogP contribution in [0.5, 0.6) is 17.4 Å². The first-order valence-electron chi connectivity index (χ1n) is 7.72. The van der Waals surface area contributed by atoms with Gasteiger partial charge in [-0.25, -0.2) is 9.48 Å². The number of methoxy groups -OCH3 is 1. The molecule has 0 saturated carbocycles. The second-order valence-electron chi connectivity index (χ2n) is 5.53. The second-order valence-corrected chi connectivity index (χ2v) is 6.35. The van der Waals surface area contributed by atoms with Crippen molar-refractivity contribution in [1.29, 1.82) is 0 Å². The Labute approximate surface area is 172 Å². The van der Waals surface area contributed by atoms with Crippen molar-refractivity contribution in [1.82, 2.24) is 9.78 Å². The van der Waals surface area contributed by atoms with Crippen molar-refractivity contribution >= 4 is 35.4 Å². The van der Waals surface area contributed by atoms with Crippen molar-refractivity contribution in [3.8, 4) is 17.4 Å². The molecular weight excluding hydrogens is 442 g/mol. The fourth-order valence-corrected chi connectivity index (χ4v) is 2.68. The van der Waals surface area contributed by atoms with Gasteiger partial charge in [-0.2, -0.15) is 18.3 Å². The van der Waals surface area contributed by atoms with E-state index < -0.39 is 35.4 Å². The molecular formula is C16H14Cl2F3N3O5. The predicted octanol–water partition coefficient (Wildman–Crippen LogP) is 4.29.